The lowest BCUT2D eigenvalue weighted by Gasteiger charge is -2.41. The van der Waals surface area contributed by atoms with Crippen molar-refractivity contribution in [3.05, 3.63) is 17.5 Å². The second kappa shape index (κ2) is 6.05. The first-order chi connectivity index (χ1) is 11.2. The van der Waals surface area contributed by atoms with Crippen molar-refractivity contribution in [1.82, 2.24) is 14.9 Å². The minimum atomic E-state index is -4.79. The number of carbonyl (C=O) groups excluding carboxylic acids is 1. The zero-order valence-corrected chi connectivity index (χ0v) is 13.4. The Labute approximate surface area is 137 Å². The van der Waals surface area contributed by atoms with Crippen LogP contribution >= 0.6 is 10.6 Å². The third-order valence-electron chi connectivity index (χ3n) is 3.86. The molecule has 1 amide bonds. The normalized spacial score (nSPS) is 22.1. The van der Waals surface area contributed by atoms with Crippen molar-refractivity contribution >= 4 is 22.4 Å². The summed E-state index contributed by atoms with van der Waals surface area (Å²) in [5.41, 5.74) is -1.90. The van der Waals surface area contributed by atoms with E-state index in [4.69, 9.17) is 0 Å². The molecule has 2 aliphatic rings. The van der Waals surface area contributed by atoms with Gasteiger partial charge in [0.2, 0.25) is 5.95 Å². The Bertz CT molecular complexity index is 642. The molecule has 0 bridgehead atoms. The molecule has 0 aromatic carbocycles. The molecule has 0 atom stereocenters. The van der Waals surface area contributed by atoms with Gasteiger partial charge < -0.3 is 10.2 Å². The van der Waals surface area contributed by atoms with Crippen molar-refractivity contribution in [2.75, 3.05) is 29.9 Å². The van der Waals surface area contributed by atoms with E-state index in [1.54, 1.807) is 0 Å². The number of nitrogens with one attached hydrogen (secondary N) is 1. The molecule has 1 aromatic heterocycles. The molecule has 0 radical (unpaired) electrons. The van der Waals surface area contributed by atoms with Gasteiger partial charge in [-0.3, -0.25) is 13.9 Å². The van der Waals surface area contributed by atoms with E-state index < -0.39 is 33.9 Å². The summed E-state index contributed by atoms with van der Waals surface area (Å²) in [4.78, 5) is 20.9. The summed E-state index contributed by atoms with van der Waals surface area (Å²) in [6.07, 6.45) is -2.20. The van der Waals surface area contributed by atoms with Crippen LogP contribution in [-0.2, 0) is 6.18 Å². The molecule has 3 N–H and O–H groups in total. The van der Waals surface area contributed by atoms with Crippen molar-refractivity contribution < 1.29 is 27.1 Å². The van der Waals surface area contributed by atoms with Gasteiger partial charge >= 0.3 is 6.18 Å². The third kappa shape index (κ3) is 3.90. The monoisotopic (exact) mass is 366 g/mol. The SMILES string of the molecule is O=C(c1cnc(NC2CC2)nc1C(F)(F)F)N1CCS(O)(O)CC1. The average molecular weight is 366 g/mol. The third-order valence-corrected chi connectivity index (χ3v) is 5.53. The molecule has 0 spiro atoms. The molecule has 3 rings (SSSR count). The molecule has 1 saturated carbocycles. The lowest BCUT2D eigenvalue weighted by Crippen LogP contribution is -2.42. The number of amides is 1. The van der Waals surface area contributed by atoms with E-state index in [1.165, 1.54) is 4.90 Å². The van der Waals surface area contributed by atoms with Gasteiger partial charge in [-0.15, -0.1) is 0 Å². The number of carbonyl (C=O) groups is 1. The Morgan fingerprint density at radius 1 is 1.29 bits per heavy atom. The fourth-order valence-corrected chi connectivity index (χ4v) is 3.56. The van der Waals surface area contributed by atoms with Gasteiger partial charge in [0.05, 0.1) is 17.1 Å². The van der Waals surface area contributed by atoms with Gasteiger partial charge in [-0.25, -0.2) is 9.97 Å². The largest absolute Gasteiger partial charge is 0.434 e. The molecular weight excluding hydrogens is 349 g/mol. The van der Waals surface area contributed by atoms with Gasteiger partial charge in [0.25, 0.3) is 5.91 Å². The zero-order chi connectivity index (χ0) is 17.5. The highest BCUT2D eigenvalue weighted by Crippen LogP contribution is 2.41. The number of hydrogen-bond donors (Lipinski definition) is 3. The van der Waals surface area contributed by atoms with Gasteiger partial charge in [0.15, 0.2) is 5.69 Å². The average Bonchev–Trinajstić information content (AvgIpc) is 3.29. The summed E-state index contributed by atoms with van der Waals surface area (Å²) in [5, 5.41) is 2.77. The second-order valence-electron chi connectivity index (χ2n) is 5.87. The van der Waals surface area contributed by atoms with Crippen LogP contribution in [0.3, 0.4) is 0 Å². The molecule has 2 fully saturated rings. The molecule has 2 heterocycles. The van der Waals surface area contributed by atoms with E-state index in [-0.39, 0.29) is 36.6 Å². The lowest BCUT2D eigenvalue weighted by molar-refractivity contribution is -0.141. The molecule has 0 unspecified atom stereocenters. The maximum Gasteiger partial charge on any atom is 0.434 e. The van der Waals surface area contributed by atoms with Gasteiger partial charge in [0.1, 0.15) is 0 Å². The predicted octanol–water partition coefficient (Wildman–Crippen LogP) is 2.28. The molecule has 1 aliphatic heterocycles. The van der Waals surface area contributed by atoms with E-state index >= 15 is 0 Å². The Balaban J connectivity index is 1.84. The number of halogens is 3. The van der Waals surface area contributed by atoms with Crippen LogP contribution in [0.1, 0.15) is 28.9 Å². The number of anilines is 1. The van der Waals surface area contributed by atoms with Gasteiger partial charge in [0, 0.05) is 25.3 Å². The van der Waals surface area contributed by atoms with E-state index in [0.29, 0.717) is 0 Å². The van der Waals surface area contributed by atoms with Crippen molar-refractivity contribution in [3.8, 4) is 0 Å². The van der Waals surface area contributed by atoms with Crippen LogP contribution in [0.2, 0.25) is 0 Å². The maximum absolute atomic E-state index is 13.3. The quantitative estimate of drug-likeness (QED) is 0.759. The van der Waals surface area contributed by atoms with Crippen LogP contribution in [0.4, 0.5) is 19.1 Å². The van der Waals surface area contributed by atoms with Gasteiger partial charge in [-0.2, -0.15) is 23.8 Å². The highest BCUT2D eigenvalue weighted by atomic mass is 32.3. The minimum Gasteiger partial charge on any atom is -0.351 e. The molecule has 11 heteroatoms. The summed E-state index contributed by atoms with van der Waals surface area (Å²) in [5.74, 6) is -1.07. The number of hydrogen-bond acceptors (Lipinski definition) is 6. The van der Waals surface area contributed by atoms with E-state index in [2.05, 4.69) is 15.3 Å². The van der Waals surface area contributed by atoms with Crippen LogP contribution in [0.15, 0.2) is 6.20 Å². The van der Waals surface area contributed by atoms with Crippen LogP contribution in [-0.4, -0.2) is 60.5 Å². The van der Waals surface area contributed by atoms with Crippen LogP contribution < -0.4 is 5.32 Å². The van der Waals surface area contributed by atoms with E-state index in [9.17, 15) is 27.1 Å². The first-order valence-electron chi connectivity index (χ1n) is 7.39. The van der Waals surface area contributed by atoms with Crippen LogP contribution in [0, 0.1) is 0 Å². The highest BCUT2D eigenvalue weighted by Gasteiger charge is 2.40. The summed E-state index contributed by atoms with van der Waals surface area (Å²) in [6, 6.07) is 0.0833. The fraction of sp³-hybridized carbons (Fsp3) is 0.615. The number of nitrogens with zero attached hydrogens (tertiary/aromatic N) is 3. The standard InChI is InChI=1S/C13H17F3N4O3S/c14-13(15,16)10-9(7-17-12(19-10)18-8-1-2-8)11(21)20-3-5-24(22,23)6-4-20/h7-8,22-23H,1-6H2,(H,17,18,19). The summed E-state index contributed by atoms with van der Waals surface area (Å²) in [6.45, 7) is -0.0267. The van der Waals surface area contributed by atoms with Gasteiger partial charge in [-0.1, -0.05) is 0 Å². The first kappa shape index (κ1) is 17.2. The van der Waals surface area contributed by atoms with Crippen molar-refractivity contribution in [1.29, 1.82) is 0 Å². The van der Waals surface area contributed by atoms with E-state index in [0.717, 1.165) is 19.0 Å². The molecule has 7 nitrogen and oxygen atoms in total. The Hall–Kier alpha value is -1.59. The number of alkyl halides is 3. The Morgan fingerprint density at radius 2 is 1.92 bits per heavy atom. The highest BCUT2D eigenvalue weighted by molar-refractivity contribution is 8.24. The maximum atomic E-state index is 13.3. The predicted molar refractivity (Wildman–Crippen MR) is 82.2 cm³/mol. The van der Waals surface area contributed by atoms with Crippen LogP contribution in [0.25, 0.3) is 0 Å². The molecule has 1 aromatic rings. The Morgan fingerprint density at radius 3 is 2.46 bits per heavy atom. The van der Waals surface area contributed by atoms with Crippen molar-refractivity contribution in [2.45, 2.75) is 25.1 Å². The minimum absolute atomic E-state index is 0.0134. The molecular formula is C13H17F3N4O3S. The summed E-state index contributed by atoms with van der Waals surface area (Å²) >= 11 is 0. The molecule has 1 aliphatic carbocycles. The zero-order valence-electron chi connectivity index (χ0n) is 12.6. The van der Waals surface area contributed by atoms with Crippen LogP contribution in [0.5, 0.6) is 0 Å². The Kier molecular flexibility index (Phi) is 4.34. The van der Waals surface area contributed by atoms with Crippen molar-refractivity contribution in [3.63, 3.8) is 0 Å². The molecule has 1 saturated heterocycles. The summed E-state index contributed by atoms with van der Waals surface area (Å²) < 4.78 is 58.9. The number of aromatic nitrogens is 2. The summed E-state index contributed by atoms with van der Waals surface area (Å²) in [7, 11) is -2.74. The number of rotatable bonds is 3. The fourth-order valence-electron chi connectivity index (χ4n) is 2.33. The smallest absolute Gasteiger partial charge is 0.351 e. The molecule has 24 heavy (non-hydrogen) atoms. The first-order valence-corrected chi connectivity index (χ1v) is 9.28. The van der Waals surface area contributed by atoms with Gasteiger partial charge in [-0.05, 0) is 12.8 Å². The topological polar surface area (TPSA) is 98.6 Å². The second-order valence-corrected chi connectivity index (χ2v) is 8.30. The van der Waals surface area contributed by atoms with Crippen molar-refractivity contribution in [2.24, 2.45) is 0 Å². The van der Waals surface area contributed by atoms with E-state index in [1.807, 2.05) is 0 Å². The lowest BCUT2D eigenvalue weighted by atomic mass is 10.2. The molecule has 134 valence electrons.